The summed E-state index contributed by atoms with van der Waals surface area (Å²) in [5, 5.41) is 15.9. The van der Waals surface area contributed by atoms with Gasteiger partial charge in [-0.15, -0.1) is 0 Å². The highest BCUT2D eigenvalue weighted by Crippen LogP contribution is 2.35. The summed E-state index contributed by atoms with van der Waals surface area (Å²) >= 11 is 0. The lowest BCUT2D eigenvalue weighted by Gasteiger charge is -2.30. The van der Waals surface area contributed by atoms with Crippen LogP contribution in [0.15, 0.2) is 35.4 Å². The number of aliphatic hydroxyl groups is 1. The predicted molar refractivity (Wildman–Crippen MR) is 110 cm³/mol. The Morgan fingerprint density at radius 2 is 2.17 bits per heavy atom. The Kier molecular flexibility index (Phi) is 5.66. The van der Waals surface area contributed by atoms with Crippen LogP contribution in [0.1, 0.15) is 29.6 Å². The quantitative estimate of drug-likeness (QED) is 0.553. The molecule has 0 unspecified atom stereocenters. The highest BCUT2D eigenvalue weighted by molar-refractivity contribution is 5.94. The number of nitrogens with zero attached hydrogens (tertiary/aromatic N) is 5. The summed E-state index contributed by atoms with van der Waals surface area (Å²) in [4.78, 5) is 30.8. The minimum absolute atomic E-state index is 0.167. The Labute approximate surface area is 172 Å². The maximum Gasteiger partial charge on any atom is 0.350 e. The summed E-state index contributed by atoms with van der Waals surface area (Å²) in [7, 11) is 1.61. The lowest BCUT2D eigenvalue weighted by atomic mass is 10.2. The molecular formula is C20H24N6O4. The molecule has 10 nitrogen and oxygen atoms in total. The predicted octanol–water partition coefficient (Wildman–Crippen LogP) is 0.851. The number of unbranched alkanes of at least 4 members (excludes halogenated alkanes) is 2. The molecule has 0 radical (unpaired) electrons. The van der Waals surface area contributed by atoms with E-state index in [9.17, 15) is 9.59 Å². The average molecular weight is 412 g/mol. The van der Waals surface area contributed by atoms with Crippen molar-refractivity contribution in [1.82, 2.24) is 24.5 Å². The number of hydrogen-bond acceptors (Lipinski definition) is 7. The number of pyridine rings is 2. The molecule has 158 valence electrons. The Bertz CT molecular complexity index is 1120. The van der Waals surface area contributed by atoms with Gasteiger partial charge >= 0.3 is 5.69 Å². The number of nitrogens with one attached hydrogen (secondary N) is 1. The second-order valence-corrected chi connectivity index (χ2v) is 7.11. The van der Waals surface area contributed by atoms with Gasteiger partial charge in [-0.1, -0.05) is 0 Å². The number of anilines is 2. The molecule has 0 fully saturated rings. The summed E-state index contributed by atoms with van der Waals surface area (Å²) in [6.45, 7) is 1.75. The first kappa shape index (κ1) is 19.9. The van der Waals surface area contributed by atoms with Crippen molar-refractivity contribution >= 4 is 23.1 Å². The fourth-order valence-electron chi connectivity index (χ4n) is 3.43. The first-order valence-corrected chi connectivity index (χ1v) is 9.93. The van der Waals surface area contributed by atoms with Crippen LogP contribution in [0.3, 0.4) is 0 Å². The summed E-state index contributed by atoms with van der Waals surface area (Å²) in [5.74, 6) is 0.945. The van der Waals surface area contributed by atoms with Crippen LogP contribution in [0.4, 0.5) is 11.5 Å². The Morgan fingerprint density at radius 1 is 1.30 bits per heavy atom. The van der Waals surface area contributed by atoms with Gasteiger partial charge in [-0.25, -0.2) is 14.5 Å². The second kappa shape index (κ2) is 8.54. The summed E-state index contributed by atoms with van der Waals surface area (Å²) in [6, 6.07) is 5.35. The molecule has 30 heavy (non-hydrogen) atoms. The van der Waals surface area contributed by atoms with Crippen molar-refractivity contribution in [3.63, 3.8) is 0 Å². The van der Waals surface area contributed by atoms with E-state index >= 15 is 0 Å². The number of aromatic nitrogens is 4. The molecule has 0 aliphatic carbocycles. The van der Waals surface area contributed by atoms with Crippen molar-refractivity contribution in [2.75, 3.05) is 31.2 Å². The smallest absolute Gasteiger partial charge is 0.350 e. The number of amides is 1. The van der Waals surface area contributed by atoms with Crippen molar-refractivity contribution in [1.29, 1.82) is 0 Å². The van der Waals surface area contributed by atoms with Gasteiger partial charge in [-0.3, -0.25) is 9.20 Å². The van der Waals surface area contributed by atoms with Crippen LogP contribution in [0.5, 0.6) is 5.75 Å². The van der Waals surface area contributed by atoms with Gasteiger partial charge in [-0.05, 0) is 31.4 Å². The van der Waals surface area contributed by atoms with Gasteiger partial charge in [-0.2, -0.15) is 5.10 Å². The van der Waals surface area contributed by atoms with E-state index < -0.39 is 0 Å². The van der Waals surface area contributed by atoms with E-state index in [2.05, 4.69) is 15.4 Å². The average Bonchev–Trinajstić information content (AvgIpc) is 3.05. The van der Waals surface area contributed by atoms with E-state index in [4.69, 9.17) is 9.84 Å². The molecule has 1 amide bonds. The van der Waals surface area contributed by atoms with Gasteiger partial charge in [0.25, 0.3) is 5.91 Å². The van der Waals surface area contributed by atoms with Gasteiger partial charge in [0, 0.05) is 44.3 Å². The maximum atomic E-state index is 12.4. The van der Waals surface area contributed by atoms with Crippen molar-refractivity contribution in [2.45, 2.75) is 19.3 Å². The molecule has 0 saturated carbocycles. The molecule has 0 bridgehead atoms. The molecule has 10 heteroatoms. The van der Waals surface area contributed by atoms with Crippen molar-refractivity contribution in [3.05, 3.63) is 46.6 Å². The molecule has 0 atom stereocenters. The van der Waals surface area contributed by atoms with Gasteiger partial charge in [0.2, 0.25) is 0 Å². The number of aliphatic hydroxyl groups excluding tert-OH is 1. The number of rotatable bonds is 7. The largest absolute Gasteiger partial charge is 0.488 e. The number of carbonyl (C=O) groups excluding carboxylic acids is 1. The van der Waals surface area contributed by atoms with Crippen molar-refractivity contribution in [3.8, 4) is 5.75 Å². The van der Waals surface area contributed by atoms with Gasteiger partial charge in [0.05, 0.1) is 12.1 Å². The molecule has 0 spiro atoms. The zero-order chi connectivity index (χ0) is 21.1. The van der Waals surface area contributed by atoms with Crippen molar-refractivity contribution in [2.24, 2.45) is 7.05 Å². The van der Waals surface area contributed by atoms with Crippen LogP contribution in [0.25, 0.3) is 5.65 Å². The molecule has 4 heterocycles. The van der Waals surface area contributed by atoms with Gasteiger partial charge < -0.3 is 20.1 Å². The molecular weight excluding hydrogens is 388 g/mol. The van der Waals surface area contributed by atoms with E-state index in [0.29, 0.717) is 42.5 Å². The normalized spacial score (nSPS) is 13.2. The lowest BCUT2D eigenvalue weighted by Crippen LogP contribution is -2.30. The monoisotopic (exact) mass is 412 g/mol. The van der Waals surface area contributed by atoms with E-state index in [1.54, 1.807) is 19.3 Å². The zero-order valence-corrected chi connectivity index (χ0v) is 16.7. The van der Waals surface area contributed by atoms with E-state index in [0.717, 1.165) is 24.9 Å². The number of fused-ring (bicyclic) bond motifs is 2. The third kappa shape index (κ3) is 3.86. The zero-order valence-electron chi connectivity index (χ0n) is 16.7. The van der Waals surface area contributed by atoms with Crippen LogP contribution in [-0.4, -0.2) is 56.5 Å². The molecule has 0 saturated heterocycles. The highest BCUT2D eigenvalue weighted by Gasteiger charge is 2.23. The Balaban J connectivity index is 1.53. The van der Waals surface area contributed by atoms with Crippen LogP contribution in [-0.2, 0) is 7.05 Å². The molecule has 1 aliphatic heterocycles. The summed E-state index contributed by atoms with van der Waals surface area (Å²) in [6.07, 6.45) is 5.64. The molecule has 3 aromatic rings. The first-order chi connectivity index (χ1) is 14.6. The SMILES string of the molecule is Cn1nc2cc(N3CCOc4cc(C(=O)NCCCCCO)cnc43)ccn2c1=O. The lowest BCUT2D eigenvalue weighted by molar-refractivity contribution is 0.0952. The fraction of sp³-hybridized carbons (Fsp3) is 0.400. The first-order valence-electron chi connectivity index (χ1n) is 9.93. The third-order valence-corrected chi connectivity index (χ3v) is 5.01. The van der Waals surface area contributed by atoms with E-state index in [1.165, 1.54) is 15.3 Å². The third-order valence-electron chi connectivity index (χ3n) is 5.01. The highest BCUT2D eigenvalue weighted by atomic mass is 16.5. The molecule has 1 aliphatic rings. The minimum Gasteiger partial charge on any atom is -0.488 e. The van der Waals surface area contributed by atoms with Crippen molar-refractivity contribution < 1.29 is 14.6 Å². The molecule has 0 aromatic carbocycles. The van der Waals surface area contributed by atoms with Crippen LogP contribution in [0.2, 0.25) is 0 Å². The second-order valence-electron chi connectivity index (χ2n) is 7.11. The maximum absolute atomic E-state index is 12.4. The number of aryl methyl sites for hydroxylation is 1. The minimum atomic E-state index is -0.205. The summed E-state index contributed by atoms with van der Waals surface area (Å²) in [5.41, 5.74) is 1.62. The summed E-state index contributed by atoms with van der Waals surface area (Å²) < 4.78 is 8.52. The van der Waals surface area contributed by atoms with E-state index in [-0.39, 0.29) is 18.2 Å². The molecule has 3 aromatic heterocycles. The number of carbonyl (C=O) groups is 1. The number of hydrogen-bond donors (Lipinski definition) is 2. The van der Waals surface area contributed by atoms with Crippen LogP contribution < -0.4 is 20.6 Å². The Morgan fingerprint density at radius 3 is 3.00 bits per heavy atom. The molecule has 2 N–H and O–H groups in total. The fourth-order valence-corrected chi connectivity index (χ4v) is 3.43. The van der Waals surface area contributed by atoms with E-state index in [1.807, 2.05) is 17.0 Å². The van der Waals surface area contributed by atoms with Crippen LogP contribution >= 0.6 is 0 Å². The molecule has 4 rings (SSSR count). The Hall–Kier alpha value is -3.40. The topological polar surface area (TPSA) is 114 Å². The standard InChI is InChI=1S/C20H24N6O4/c1-24-20(29)26-7-5-15(12-17(26)23-24)25-8-10-30-16-11-14(13-22-18(16)25)19(28)21-6-3-2-4-9-27/h5,7,11-13,27H,2-4,6,8-10H2,1H3,(H,21,28). The van der Waals surface area contributed by atoms with Gasteiger partial charge in [0.15, 0.2) is 17.2 Å². The van der Waals surface area contributed by atoms with Crippen LogP contribution in [0, 0.1) is 0 Å². The number of ether oxygens (including phenoxy) is 1. The van der Waals surface area contributed by atoms with Gasteiger partial charge in [0.1, 0.15) is 6.61 Å².